The van der Waals surface area contributed by atoms with E-state index in [1.54, 1.807) is 25.7 Å². The molecular weight excluding hydrogens is 250 g/mol. The average Bonchev–Trinajstić information content (AvgIpc) is 2.44. The number of methoxy groups -OCH3 is 1. The second kappa shape index (κ2) is 7.90. The molecule has 4 nitrogen and oxygen atoms in total. The minimum atomic E-state index is 0.576. The smallest absolute Gasteiger partial charge is 0.139 e. The molecule has 0 aromatic carbocycles. The summed E-state index contributed by atoms with van der Waals surface area (Å²) < 4.78 is 5.25. The Morgan fingerprint density at radius 3 is 2.90 bits per heavy atom. The summed E-state index contributed by atoms with van der Waals surface area (Å²) in [6, 6.07) is 3.91. The van der Waals surface area contributed by atoms with E-state index in [0.717, 1.165) is 24.0 Å². The first kappa shape index (κ1) is 15.6. The van der Waals surface area contributed by atoms with Gasteiger partial charge in [0.25, 0.3) is 0 Å². The minimum Gasteiger partial charge on any atom is -0.495 e. The van der Waals surface area contributed by atoms with Crippen molar-refractivity contribution in [1.82, 2.24) is 4.98 Å². The number of nitrogens with zero attached hydrogens (tertiary/aromatic N) is 3. The van der Waals surface area contributed by atoms with Crippen LogP contribution in [0.1, 0.15) is 36.6 Å². The molecule has 4 heteroatoms. The van der Waals surface area contributed by atoms with E-state index in [1.807, 2.05) is 13.0 Å². The number of aryl methyl sites for hydroxylation is 1. The summed E-state index contributed by atoms with van der Waals surface area (Å²) in [5.41, 5.74) is 3.09. The zero-order chi connectivity index (χ0) is 15.0. The van der Waals surface area contributed by atoms with Crippen molar-refractivity contribution in [2.75, 3.05) is 7.11 Å². The van der Waals surface area contributed by atoms with Crippen LogP contribution in [-0.2, 0) is 4.74 Å². The van der Waals surface area contributed by atoms with Crippen molar-refractivity contribution in [2.45, 2.75) is 26.7 Å². The number of hydrogen-bond acceptors (Lipinski definition) is 4. The summed E-state index contributed by atoms with van der Waals surface area (Å²) in [7, 11) is 1.60. The molecular formula is C16H19N3O. The van der Waals surface area contributed by atoms with Gasteiger partial charge >= 0.3 is 0 Å². The van der Waals surface area contributed by atoms with Crippen molar-refractivity contribution in [2.24, 2.45) is 4.99 Å². The van der Waals surface area contributed by atoms with Crippen LogP contribution in [0.5, 0.6) is 0 Å². The number of pyridine rings is 1. The second-order valence-corrected chi connectivity index (χ2v) is 4.37. The maximum absolute atomic E-state index is 8.84. The Bertz CT molecular complexity index is 580. The van der Waals surface area contributed by atoms with Crippen molar-refractivity contribution >= 4 is 6.21 Å². The number of aliphatic imine (C=N–C) groups is 1. The lowest BCUT2D eigenvalue weighted by Gasteiger charge is -2.06. The van der Waals surface area contributed by atoms with Gasteiger partial charge in [-0.3, -0.25) is 9.98 Å². The first-order valence-corrected chi connectivity index (χ1v) is 6.44. The summed E-state index contributed by atoms with van der Waals surface area (Å²) in [4.78, 5) is 8.34. The van der Waals surface area contributed by atoms with Crippen LogP contribution in [0.15, 0.2) is 41.4 Å². The second-order valence-electron chi connectivity index (χ2n) is 4.37. The minimum absolute atomic E-state index is 0.576. The summed E-state index contributed by atoms with van der Waals surface area (Å²) in [6.45, 7) is 7.92. The maximum atomic E-state index is 8.84. The van der Waals surface area contributed by atoms with Crippen LogP contribution in [0.2, 0.25) is 0 Å². The molecule has 0 radical (unpaired) electrons. The molecule has 0 fully saturated rings. The number of nitriles is 1. The van der Waals surface area contributed by atoms with Crippen molar-refractivity contribution in [3.8, 4) is 6.07 Å². The Morgan fingerprint density at radius 2 is 2.35 bits per heavy atom. The van der Waals surface area contributed by atoms with Crippen molar-refractivity contribution < 1.29 is 4.74 Å². The van der Waals surface area contributed by atoms with E-state index in [2.05, 4.69) is 29.5 Å². The van der Waals surface area contributed by atoms with E-state index < -0.39 is 0 Å². The van der Waals surface area contributed by atoms with Crippen molar-refractivity contribution in [3.63, 3.8) is 0 Å². The fourth-order valence-electron chi connectivity index (χ4n) is 1.66. The Morgan fingerprint density at radius 1 is 1.60 bits per heavy atom. The van der Waals surface area contributed by atoms with Crippen molar-refractivity contribution in [1.29, 1.82) is 5.26 Å². The van der Waals surface area contributed by atoms with Gasteiger partial charge < -0.3 is 4.74 Å². The lowest BCUT2D eigenvalue weighted by Crippen LogP contribution is -1.93. The zero-order valence-corrected chi connectivity index (χ0v) is 12.2. The number of aromatic nitrogens is 1. The highest BCUT2D eigenvalue weighted by Crippen LogP contribution is 2.14. The molecule has 1 aromatic heterocycles. The monoisotopic (exact) mass is 269 g/mol. The van der Waals surface area contributed by atoms with Crippen molar-refractivity contribution in [3.05, 3.63) is 53.2 Å². The van der Waals surface area contributed by atoms with Gasteiger partial charge in [0.1, 0.15) is 11.8 Å². The summed E-state index contributed by atoms with van der Waals surface area (Å²) in [6.07, 6.45) is 6.70. The molecule has 1 heterocycles. The molecule has 0 aliphatic carbocycles. The topological polar surface area (TPSA) is 58.3 Å². The van der Waals surface area contributed by atoms with Gasteiger partial charge in [0.05, 0.1) is 30.8 Å². The SMILES string of the molecule is C=C(CCC)/C(=C/N=Cc1cc(C)c(C#N)cn1)OC. The van der Waals surface area contributed by atoms with E-state index in [1.165, 1.54) is 0 Å². The summed E-state index contributed by atoms with van der Waals surface area (Å²) in [5.74, 6) is 0.675. The molecule has 0 aliphatic heterocycles. The maximum Gasteiger partial charge on any atom is 0.139 e. The molecule has 0 saturated heterocycles. The van der Waals surface area contributed by atoms with Crippen LogP contribution in [-0.4, -0.2) is 18.3 Å². The lowest BCUT2D eigenvalue weighted by molar-refractivity contribution is 0.297. The number of hydrogen-bond donors (Lipinski definition) is 0. The summed E-state index contributed by atoms with van der Waals surface area (Å²) >= 11 is 0. The van der Waals surface area contributed by atoms with Gasteiger partial charge in [-0.05, 0) is 30.5 Å². The van der Waals surface area contributed by atoms with Crippen LogP contribution < -0.4 is 0 Å². The Balaban J connectivity index is 2.84. The zero-order valence-electron chi connectivity index (χ0n) is 12.2. The van der Waals surface area contributed by atoms with Gasteiger partial charge in [0.15, 0.2) is 0 Å². The highest BCUT2D eigenvalue weighted by Gasteiger charge is 2.01. The largest absolute Gasteiger partial charge is 0.495 e. The van der Waals surface area contributed by atoms with Crippen LogP contribution in [0.25, 0.3) is 0 Å². The standard InChI is InChI=1S/C16H19N3O/c1-5-6-12(2)16(20-4)11-18-10-15-7-13(3)14(8-17)9-19-15/h7,9-11H,2,5-6H2,1,3-4H3/b16-11-,18-10?. The Kier molecular flexibility index (Phi) is 6.18. The summed E-state index contributed by atoms with van der Waals surface area (Å²) in [5, 5.41) is 8.84. The van der Waals surface area contributed by atoms with Gasteiger partial charge in [0.2, 0.25) is 0 Å². The molecule has 0 amide bonds. The van der Waals surface area contributed by atoms with Crippen LogP contribution in [0.4, 0.5) is 0 Å². The third-order valence-corrected chi connectivity index (χ3v) is 2.77. The van der Waals surface area contributed by atoms with E-state index in [9.17, 15) is 0 Å². The first-order valence-electron chi connectivity index (χ1n) is 6.44. The fraction of sp³-hybridized carbons (Fsp3) is 0.312. The molecule has 104 valence electrons. The normalized spacial score (nSPS) is 11.4. The lowest BCUT2D eigenvalue weighted by atomic mass is 10.1. The van der Waals surface area contributed by atoms with E-state index >= 15 is 0 Å². The highest BCUT2D eigenvalue weighted by atomic mass is 16.5. The molecule has 1 rings (SSSR count). The number of allylic oxidation sites excluding steroid dienone is 1. The highest BCUT2D eigenvalue weighted by molar-refractivity contribution is 5.78. The van der Waals surface area contributed by atoms with E-state index in [0.29, 0.717) is 17.0 Å². The molecule has 1 aromatic rings. The Labute approximate surface area is 120 Å². The molecule has 0 unspecified atom stereocenters. The quantitative estimate of drug-likeness (QED) is 0.451. The first-order chi connectivity index (χ1) is 9.62. The molecule has 20 heavy (non-hydrogen) atoms. The van der Waals surface area contributed by atoms with Gasteiger partial charge in [-0.15, -0.1) is 0 Å². The van der Waals surface area contributed by atoms with Gasteiger partial charge in [-0.1, -0.05) is 19.9 Å². The molecule has 0 N–H and O–H groups in total. The van der Waals surface area contributed by atoms with E-state index in [-0.39, 0.29) is 0 Å². The van der Waals surface area contributed by atoms with Crippen LogP contribution >= 0.6 is 0 Å². The predicted molar refractivity (Wildman–Crippen MR) is 80.4 cm³/mol. The average molecular weight is 269 g/mol. The van der Waals surface area contributed by atoms with Crippen LogP contribution in [0, 0.1) is 18.3 Å². The van der Waals surface area contributed by atoms with Gasteiger partial charge in [-0.25, -0.2) is 0 Å². The predicted octanol–water partition coefficient (Wildman–Crippen LogP) is 3.52. The molecule has 0 aliphatic rings. The fourth-order valence-corrected chi connectivity index (χ4v) is 1.66. The molecule has 0 spiro atoms. The Hall–Kier alpha value is -2.41. The molecule has 0 atom stereocenters. The number of ether oxygens (including phenoxy) is 1. The third-order valence-electron chi connectivity index (χ3n) is 2.77. The van der Waals surface area contributed by atoms with Gasteiger partial charge in [-0.2, -0.15) is 5.26 Å². The number of rotatable bonds is 6. The third kappa shape index (κ3) is 4.36. The molecule has 0 bridgehead atoms. The van der Waals surface area contributed by atoms with Gasteiger partial charge in [0, 0.05) is 6.20 Å². The van der Waals surface area contributed by atoms with Crippen LogP contribution in [0.3, 0.4) is 0 Å². The van der Waals surface area contributed by atoms with E-state index in [4.69, 9.17) is 10.00 Å². The molecule has 0 saturated carbocycles.